The Hall–Kier alpha value is -1.19. The van der Waals surface area contributed by atoms with Gasteiger partial charge >= 0.3 is 0 Å². The molecule has 0 bridgehead atoms. The molecule has 0 saturated carbocycles. The minimum Gasteiger partial charge on any atom is -0.288 e. The van der Waals surface area contributed by atoms with Crippen molar-refractivity contribution in [1.82, 2.24) is 0 Å². The first-order valence-electron chi connectivity index (χ1n) is 4.64. The molecule has 0 N–H and O–H groups in total. The van der Waals surface area contributed by atoms with Gasteiger partial charge in [-0.25, -0.2) is 4.39 Å². The third-order valence-electron chi connectivity index (χ3n) is 2.14. The van der Waals surface area contributed by atoms with E-state index in [2.05, 4.69) is 0 Å². The van der Waals surface area contributed by atoms with Gasteiger partial charge in [0.2, 0.25) is 5.78 Å². The van der Waals surface area contributed by atoms with E-state index in [4.69, 9.17) is 11.6 Å². The number of hydrogen-bond acceptors (Lipinski definition) is 2. The summed E-state index contributed by atoms with van der Waals surface area (Å²) in [5, 5.41) is 0.149. The molecule has 0 saturated heterocycles. The monoisotopic (exact) mass is 254 g/mol. The van der Waals surface area contributed by atoms with Crippen molar-refractivity contribution in [3.8, 4) is 0 Å². The Labute approximate surface area is 101 Å². The number of hydrogen-bond donors (Lipinski definition) is 0. The van der Waals surface area contributed by atoms with Gasteiger partial charge in [-0.3, -0.25) is 4.79 Å². The molecule has 0 aliphatic rings. The van der Waals surface area contributed by atoms with E-state index in [1.54, 1.807) is 6.07 Å². The number of rotatable bonds is 2. The summed E-state index contributed by atoms with van der Waals surface area (Å²) < 4.78 is 12.8. The number of halogens is 2. The molecular weight excluding hydrogens is 247 g/mol. The number of carbonyl (C=O) groups is 1. The van der Waals surface area contributed by atoms with Gasteiger partial charge in [0.05, 0.1) is 9.90 Å². The fourth-order valence-corrected chi connectivity index (χ4v) is 2.44. The van der Waals surface area contributed by atoms with Gasteiger partial charge in [0, 0.05) is 10.4 Å². The maximum atomic E-state index is 12.8. The first-order valence-corrected chi connectivity index (χ1v) is 5.83. The lowest BCUT2D eigenvalue weighted by Gasteiger charge is -2.01. The van der Waals surface area contributed by atoms with Crippen LogP contribution < -0.4 is 0 Å². The fourth-order valence-electron chi connectivity index (χ4n) is 1.36. The van der Waals surface area contributed by atoms with Crippen LogP contribution in [0, 0.1) is 12.7 Å². The van der Waals surface area contributed by atoms with Crippen molar-refractivity contribution >= 4 is 28.7 Å². The Morgan fingerprint density at radius 3 is 2.62 bits per heavy atom. The third kappa shape index (κ3) is 2.15. The zero-order chi connectivity index (χ0) is 11.7. The number of thiophene rings is 1. The van der Waals surface area contributed by atoms with Crippen molar-refractivity contribution in [3.05, 3.63) is 56.5 Å². The maximum Gasteiger partial charge on any atom is 0.204 e. The van der Waals surface area contributed by atoms with E-state index in [-0.39, 0.29) is 10.8 Å². The zero-order valence-electron chi connectivity index (χ0n) is 8.46. The molecule has 82 valence electrons. The molecule has 1 heterocycles. The van der Waals surface area contributed by atoms with Crippen LogP contribution in [-0.2, 0) is 0 Å². The second-order valence-electron chi connectivity index (χ2n) is 3.36. The molecule has 4 heteroatoms. The van der Waals surface area contributed by atoms with Crippen LogP contribution in [0.3, 0.4) is 0 Å². The zero-order valence-corrected chi connectivity index (χ0v) is 10.0. The van der Waals surface area contributed by atoms with Gasteiger partial charge in [0.1, 0.15) is 5.82 Å². The first kappa shape index (κ1) is 11.3. The van der Waals surface area contributed by atoms with E-state index < -0.39 is 5.82 Å². The van der Waals surface area contributed by atoms with Gasteiger partial charge in [-0.2, -0.15) is 0 Å². The number of benzene rings is 1. The number of ketones is 1. The van der Waals surface area contributed by atoms with Crippen molar-refractivity contribution in [1.29, 1.82) is 0 Å². The van der Waals surface area contributed by atoms with E-state index in [0.717, 1.165) is 10.9 Å². The molecule has 0 fully saturated rings. The highest BCUT2D eigenvalue weighted by molar-refractivity contribution is 7.14. The van der Waals surface area contributed by atoms with Crippen LogP contribution in [0.2, 0.25) is 5.02 Å². The molecule has 0 aliphatic heterocycles. The van der Waals surface area contributed by atoms with Gasteiger partial charge < -0.3 is 0 Å². The Balaban J connectivity index is 2.41. The third-order valence-corrected chi connectivity index (χ3v) is 3.45. The Morgan fingerprint density at radius 2 is 2.06 bits per heavy atom. The highest BCUT2D eigenvalue weighted by atomic mass is 35.5. The van der Waals surface area contributed by atoms with Crippen LogP contribution in [-0.4, -0.2) is 5.78 Å². The molecule has 2 aromatic rings. The van der Waals surface area contributed by atoms with Gasteiger partial charge in [0.25, 0.3) is 0 Å². The standard InChI is InChI=1S/C12H8ClFOS/c1-7-2-5-11(16-7)12(15)9-4-3-8(14)6-10(9)13/h2-6H,1H3. The van der Waals surface area contributed by atoms with Gasteiger partial charge in [0.15, 0.2) is 0 Å². The SMILES string of the molecule is Cc1ccc(C(=O)c2ccc(F)cc2Cl)s1. The van der Waals surface area contributed by atoms with Crippen molar-refractivity contribution in [3.63, 3.8) is 0 Å². The van der Waals surface area contributed by atoms with Crippen molar-refractivity contribution in [2.24, 2.45) is 0 Å². The predicted octanol–water partition coefficient (Wildman–Crippen LogP) is 4.08. The Morgan fingerprint density at radius 1 is 1.31 bits per heavy atom. The molecule has 0 unspecified atom stereocenters. The summed E-state index contributed by atoms with van der Waals surface area (Å²) in [4.78, 5) is 13.7. The van der Waals surface area contributed by atoms with E-state index in [1.165, 1.54) is 23.5 Å². The highest BCUT2D eigenvalue weighted by Gasteiger charge is 2.14. The minimum atomic E-state index is -0.441. The smallest absolute Gasteiger partial charge is 0.204 e. The molecule has 1 nitrogen and oxygen atoms in total. The molecule has 0 atom stereocenters. The van der Waals surface area contributed by atoms with Crippen molar-refractivity contribution in [2.75, 3.05) is 0 Å². The van der Waals surface area contributed by atoms with Crippen LogP contribution in [0.1, 0.15) is 20.1 Å². The van der Waals surface area contributed by atoms with Gasteiger partial charge in [-0.05, 0) is 37.3 Å². The fraction of sp³-hybridized carbons (Fsp3) is 0.0833. The van der Waals surface area contributed by atoms with Gasteiger partial charge in [-0.15, -0.1) is 11.3 Å². The summed E-state index contributed by atoms with van der Waals surface area (Å²) in [7, 11) is 0. The van der Waals surface area contributed by atoms with Crippen LogP contribution in [0.4, 0.5) is 4.39 Å². The lowest BCUT2D eigenvalue weighted by molar-refractivity contribution is 0.104. The average Bonchev–Trinajstić information content (AvgIpc) is 2.64. The molecular formula is C12H8ClFOS. The van der Waals surface area contributed by atoms with E-state index in [9.17, 15) is 9.18 Å². The van der Waals surface area contributed by atoms with Crippen LogP contribution in [0.25, 0.3) is 0 Å². The summed E-state index contributed by atoms with van der Waals surface area (Å²) in [5.41, 5.74) is 0.338. The highest BCUT2D eigenvalue weighted by Crippen LogP contribution is 2.24. The predicted molar refractivity (Wildman–Crippen MR) is 63.9 cm³/mol. The quantitative estimate of drug-likeness (QED) is 0.738. The van der Waals surface area contributed by atoms with Crippen LogP contribution in [0.5, 0.6) is 0 Å². The molecule has 0 spiro atoms. The second-order valence-corrected chi connectivity index (χ2v) is 5.06. The van der Waals surface area contributed by atoms with Gasteiger partial charge in [-0.1, -0.05) is 11.6 Å². The summed E-state index contributed by atoms with van der Waals surface area (Å²) >= 11 is 7.23. The molecule has 0 aliphatic carbocycles. The summed E-state index contributed by atoms with van der Waals surface area (Å²) in [6.45, 7) is 1.92. The number of carbonyl (C=O) groups excluding carboxylic acids is 1. The maximum absolute atomic E-state index is 12.8. The van der Waals surface area contributed by atoms with Crippen molar-refractivity contribution < 1.29 is 9.18 Å². The van der Waals surface area contributed by atoms with E-state index in [0.29, 0.717) is 10.4 Å². The normalized spacial score (nSPS) is 10.4. The molecule has 0 radical (unpaired) electrons. The molecule has 16 heavy (non-hydrogen) atoms. The molecule has 1 aromatic carbocycles. The average molecular weight is 255 g/mol. The summed E-state index contributed by atoms with van der Waals surface area (Å²) in [6, 6.07) is 7.42. The van der Waals surface area contributed by atoms with E-state index >= 15 is 0 Å². The van der Waals surface area contributed by atoms with Crippen molar-refractivity contribution in [2.45, 2.75) is 6.92 Å². The summed E-state index contributed by atoms with van der Waals surface area (Å²) in [5.74, 6) is -0.605. The largest absolute Gasteiger partial charge is 0.288 e. The molecule has 0 amide bonds. The van der Waals surface area contributed by atoms with Crippen LogP contribution in [0.15, 0.2) is 30.3 Å². The Kier molecular flexibility index (Phi) is 3.08. The Bertz CT molecular complexity index is 548. The number of aryl methyl sites for hydroxylation is 1. The first-order chi connectivity index (χ1) is 7.58. The van der Waals surface area contributed by atoms with Crippen LogP contribution >= 0.6 is 22.9 Å². The molecule has 2 rings (SSSR count). The van der Waals surface area contributed by atoms with E-state index in [1.807, 2.05) is 13.0 Å². The topological polar surface area (TPSA) is 17.1 Å². The molecule has 1 aromatic heterocycles. The lowest BCUT2D eigenvalue weighted by Crippen LogP contribution is -1.99. The second kappa shape index (κ2) is 4.36. The summed E-state index contributed by atoms with van der Waals surface area (Å²) in [6.07, 6.45) is 0. The lowest BCUT2D eigenvalue weighted by atomic mass is 10.1. The minimum absolute atomic E-state index is 0.149.